The minimum atomic E-state index is -0.328. The summed E-state index contributed by atoms with van der Waals surface area (Å²) in [5.74, 6) is 1.39. The fourth-order valence-corrected chi connectivity index (χ4v) is 3.71. The third-order valence-corrected chi connectivity index (χ3v) is 5.46. The molecule has 0 atom stereocenters. The Morgan fingerprint density at radius 2 is 2.09 bits per heavy atom. The molecule has 4 heterocycles. The van der Waals surface area contributed by atoms with Gasteiger partial charge in [-0.15, -0.1) is 5.10 Å². The van der Waals surface area contributed by atoms with Gasteiger partial charge in [-0.3, -0.25) is 14.2 Å². The highest BCUT2D eigenvalue weighted by molar-refractivity contribution is 6.04. The zero-order valence-corrected chi connectivity index (χ0v) is 17.8. The van der Waals surface area contributed by atoms with E-state index in [0.717, 1.165) is 16.9 Å². The fraction of sp³-hybridized carbons (Fsp3) is 0.273. The van der Waals surface area contributed by atoms with Crippen molar-refractivity contribution in [3.05, 3.63) is 60.4 Å². The Hall–Kier alpha value is -4.15. The quantitative estimate of drug-likeness (QED) is 0.511. The molecule has 0 unspecified atom stereocenters. The number of ether oxygens (including phenoxy) is 1. The Morgan fingerprint density at radius 3 is 2.94 bits per heavy atom. The van der Waals surface area contributed by atoms with Crippen molar-refractivity contribution in [3.63, 3.8) is 0 Å². The second kappa shape index (κ2) is 8.77. The minimum absolute atomic E-state index is 0.301. The number of hydrogen-bond acceptors (Lipinski definition) is 7. The van der Waals surface area contributed by atoms with E-state index in [9.17, 15) is 9.18 Å². The SMILES string of the molecule is CF.O=C(Nc1cccc2c1OCCn1nnnc1-2)c1cc(-n2cnc(C3CC3)c2)ccn1. The van der Waals surface area contributed by atoms with Crippen LogP contribution in [0, 0.1) is 0 Å². The zero-order chi connectivity index (χ0) is 22.8. The lowest BCUT2D eigenvalue weighted by Gasteiger charge is -2.13. The molecule has 1 aromatic carbocycles. The Labute approximate surface area is 188 Å². The predicted molar refractivity (Wildman–Crippen MR) is 117 cm³/mol. The van der Waals surface area contributed by atoms with Gasteiger partial charge in [0.2, 0.25) is 0 Å². The van der Waals surface area contributed by atoms with Gasteiger partial charge in [-0.05, 0) is 47.5 Å². The summed E-state index contributed by atoms with van der Waals surface area (Å²) in [6.07, 6.45) is 7.80. The van der Waals surface area contributed by atoms with Crippen molar-refractivity contribution in [1.29, 1.82) is 0 Å². The van der Waals surface area contributed by atoms with E-state index >= 15 is 0 Å². The van der Waals surface area contributed by atoms with Crippen LogP contribution in [0.2, 0.25) is 0 Å². The number of carbonyl (C=O) groups excluding carboxylic acids is 1. The number of amides is 1. The molecule has 0 bridgehead atoms. The normalized spacial score (nSPS) is 14.1. The van der Waals surface area contributed by atoms with E-state index < -0.39 is 0 Å². The third kappa shape index (κ3) is 4.04. The number of pyridine rings is 1. The van der Waals surface area contributed by atoms with E-state index in [-0.39, 0.29) is 5.91 Å². The van der Waals surface area contributed by atoms with Gasteiger partial charge in [-0.2, -0.15) is 0 Å². The molecule has 1 aliphatic heterocycles. The van der Waals surface area contributed by atoms with Gasteiger partial charge in [0.1, 0.15) is 12.3 Å². The molecule has 6 rings (SSSR count). The maximum absolute atomic E-state index is 13.0. The Bertz CT molecular complexity index is 1300. The highest BCUT2D eigenvalue weighted by Crippen LogP contribution is 2.39. The predicted octanol–water partition coefficient (Wildman–Crippen LogP) is 3.03. The molecule has 168 valence electrons. The largest absolute Gasteiger partial charge is 0.489 e. The van der Waals surface area contributed by atoms with Crippen LogP contribution in [0.1, 0.15) is 34.9 Å². The maximum atomic E-state index is 13.0. The number of anilines is 1. The average Bonchev–Trinajstić information content (AvgIpc) is 3.46. The molecule has 3 aromatic heterocycles. The number of nitrogens with one attached hydrogen (secondary N) is 1. The number of para-hydroxylation sites is 1. The summed E-state index contributed by atoms with van der Waals surface area (Å²) in [4.78, 5) is 21.7. The molecular weight excluding hydrogens is 427 g/mol. The van der Waals surface area contributed by atoms with Crippen LogP contribution in [0.5, 0.6) is 5.75 Å². The van der Waals surface area contributed by atoms with Crippen molar-refractivity contribution >= 4 is 11.6 Å². The lowest BCUT2D eigenvalue weighted by atomic mass is 10.1. The van der Waals surface area contributed by atoms with Crippen molar-refractivity contribution in [1.82, 2.24) is 34.7 Å². The topological polar surface area (TPSA) is 113 Å². The number of halogens is 1. The number of rotatable bonds is 4. The molecular formula is C22H21FN8O2. The number of aromatic nitrogens is 7. The first-order valence-corrected chi connectivity index (χ1v) is 10.5. The Morgan fingerprint density at radius 1 is 1.21 bits per heavy atom. The van der Waals surface area contributed by atoms with E-state index in [1.807, 2.05) is 29.0 Å². The van der Waals surface area contributed by atoms with Crippen molar-refractivity contribution in [2.45, 2.75) is 25.3 Å². The second-order valence-electron chi connectivity index (χ2n) is 7.59. The third-order valence-electron chi connectivity index (χ3n) is 5.46. The molecule has 1 N–H and O–H groups in total. The fourth-order valence-electron chi connectivity index (χ4n) is 3.71. The number of hydrogen-bond donors (Lipinski definition) is 1. The maximum Gasteiger partial charge on any atom is 0.274 e. The number of fused-ring (bicyclic) bond motifs is 3. The highest BCUT2D eigenvalue weighted by Gasteiger charge is 2.26. The lowest BCUT2D eigenvalue weighted by Crippen LogP contribution is -2.15. The molecule has 1 aliphatic carbocycles. The van der Waals surface area contributed by atoms with Gasteiger partial charge in [0, 0.05) is 18.3 Å². The smallest absolute Gasteiger partial charge is 0.274 e. The van der Waals surface area contributed by atoms with Crippen molar-refractivity contribution in [2.75, 3.05) is 19.1 Å². The van der Waals surface area contributed by atoms with Crippen molar-refractivity contribution < 1.29 is 13.9 Å². The van der Waals surface area contributed by atoms with Crippen LogP contribution in [0.15, 0.2) is 49.1 Å². The molecule has 1 fully saturated rings. The van der Waals surface area contributed by atoms with Gasteiger partial charge in [0.15, 0.2) is 11.6 Å². The van der Waals surface area contributed by atoms with E-state index in [1.165, 1.54) is 12.8 Å². The molecule has 0 radical (unpaired) electrons. The van der Waals surface area contributed by atoms with Crippen LogP contribution in [-0.4, -0.2) is 54.4 Å². The number of nitrogens with zero attached hydrogens (tertiary/aromatic N) is 7. The number of imidazole rings is 1. The van der Waals surface area contributed by atoms with Gasteiger partial charge in [-0.25, -0.2) is 9.67 Å². The molecule has 2 aliphatic rings. The molecule has 0 saturated heterocycles. The molecule has 1 amide bonds. The van der Waals surface area contributed by atoms with Crippen LogP contribution in [-0.2, 0) is 6.54 Å². The van der Waals surface area contributed by atoms with Gasteiger partial charge < -0.3 is 14.6 Å². The van der Waals surface area contributed by atoms with Crippen LogP contribution in [0.4, 0.5) is 10.1 Å². The summed E-state index contributed by atoms with van der Waals surface area (Å²) in [7, 11) is 0.500. The average molecular weight is 448 g/mol. The highest BCUT2D eigenvalue weighted by atomic mass is 19.1. The van der Waals surface area contributed by atoms with E-state index in [1.54, 1.807) is 29.3 Å². The van der Waals surface area contributed by atoms with Crippen molar-refractivity contribution in [2.24, 2.45) is 0 Å². The minimum Gasteiger partial charge on any atom is -0.489 e. The molecule has 33 heavy (non-hydrogen) atoms. The Kier molecular flexibility index (Phi) is 5.51. The lowest BCUT2D eigenvalue weighted by molar-refractivity contribution is 0.102. The molecule has 10 nitrogen and oxygen atoms in total. The molecule has 11 heteroatoms. The van der Waals surface area contributed by atoms with Crippen molar-refractivity contribution in [3.8, 4) is 22.8 Å². The van der Waals surface area contributed by atoms with Crippen LogP contribution >= 0.6 is 0 Å². The Balaban J connectivity index is 0.00000111. The standard InChI is InChI=1S/C21H18N8O2.CH3F/c30-21(17-10-14(6-7-22-17)28-11-18(23-12-28)13-4-5-13)24-16-3-1-2-15-19(16)31-9-8-29-20(15)25-26-27-29;1-2/h1-3,6-7,10-13H,4-5,8-9H2,(H,24,30);1H3. The first kappa shape index (κ1) is 20.7. The van der Waals surface area contributed by atoms with E-state index in [2.05, 4.69) is 30.8 Å². The summed E-state index contributed by atoms with van der Waals surface area (Å²) in [6.45, 7) is 0.928. The summed E-state index contributed by atoms with van der Waals surface area (Å²) in [5.41, 5.74) is 3.50. The summed E-state index contributed by atoms with van der Waals surface area (Å²) >= 11 is 0. The number of benzene rings is 1. The molecule has 4 aromatic rings. The summed E-state index contributed by atoms with van der Waals surface area (Å²) in [6, 6.07) is 9.09. The zero-order valence-electron chi connectivity index (χ0n) is 17.8. The van der Waals surface area contributed by atoms with Gasteiger partial charge in [-0.1, -0.05) is 6.07 Å². The van der Waals surface area contributed by atoms with Crippen LogP contribution in [0.25, 0.3) is 17.1 Å². The van der Waals surface area contributed by atoms with Gasteiger partial charge in [0.25, 0.3) is 5.91 Å². The summed E-state index contributed by atoms with van der Waals surface area (Å²) in [5, 5.41) is 14.7. The molecule has 0 spiro atoms. The van der Waals surface area contributed by atoms with Gasteiger partial charge in [0.05, 0.1) is 42.7 Å². The van der Waals surface area contributed by atoms with Crippen LogP contribution in [0.3, 0.4) is 0 Å². The first-order valence-electron chi connectivity index (χ1n) is 10.5. The molecule has 1 saturated carbocycles. The summed E-state index contributed by atoms with van der Waals surface area (Å²) < 4.78 is 19.0. The number of tetrazole rings is 1. The number of alkyl halides is 1. The van der Waals surface area contributed by atoms with Gasteiger partial charge >= 0.3 is 0 Å². The van der Waals surface area contributed by atoms with Crippen LogP contribution < -0.4 is 10.1 Å². The van der Waals surface area contributed by atoms with E-state index in [0.29, 0.717) is 49.2 Å². The van der Waals surface area contributed by atoms with E-state index in [4.69, 9.17) is 4.74 Å². The monoisotopic (exact) mass is 448 g/mol. The number of carbonyl (C=O) groups is 1. The second-order valence-corrected chi connectivity index (χ2v) is 7.59. The first-order chi connectivity index (χ1) is 16.3.